The van der Waals surface area contributed by atoms with Crippen molar-refractivity contribution in [3.05, 3.63) is 28.8 Å². The Balaban J connectivity index is 2.22. The van der Waals surface area contributed by atoms with Crippen molar-refractivity contribution in [1.29, 1.82) is 0 Å². The van der Waals surface area contributed by atoms with Crippen molar-refractivity contribution in [2.24, 2.45) is 9.81 Å². The van der Waals surface area contributed by atoms with E-state index in [0.717, 1.165) is 25.2 Å². The van der Waals surface area contributed by atoms with Gasteiger partial charge in [0, 0.05) is 27.2 Å². The predicted molar refractivity (Wildman–Crippen MR) is 99.1 cm³/mol. The van der Waals surface area contributed by atoms with Crippen molar-refractivity contribution in [2.75, 3.05) is 27.2 Å². The van der Waals surface area contributed by atoms with Gasteiger partial charge in [-0.05, 0) is 42.5 Å². The molecule has 0 atom stereocenters. The number of likely N-dealkylation sites (tertiary alicyclic amines) is 1. The van der Waals surface area contributed by atoms with Gasteiger partial charge in [0.05, 0.1) is 5.02 Å². The zero-order valence-electron chi connectivity index (χ0n) is 14.8. The Labute approximate surface area is 150 Å². The number of hydrogen-bond donors (Lipinski definition) is 0. The highest BCUT2D eigenvalue weighted by Crippen LogP contribution is 2.30. The number of piperidine rings is 1. The first-order chi connectivity index (χ1) is 11.1. The van der Waals surface area contributed by atoms with Crippen LogP contribution in [-0.4, -0.2) is 51.7 Å². The van der Waals surface area contributed by atoms with E-state index in [1.54, 1.807) is 31.1 Å². The highest BCUT2D eigenvalue weighted by Gasteiger charge is 2.26. The van der Waals surface area contributed by atoms with Gasteiger partial charge in [-0.25, -0.2) is 0 Å². The average Bonchev–Trinajstić information content (AvgIpc) is 2.46. The smallest absolute Gasteiger partial charge is 0.285 e. The van der Waals surface area contributed by atoms with Crippen LogP contribution in [0.15, 0.2) is 27.5 Å². The van der Waals surface area contributed by atoms with Gasteiger partial charge in [-0.3, -0.25) is 4.90 Å². The number of nitrogens with zero attached hydrogens (tertiary/aromatic N) is 3. The SMILES string of the molecule is CN(C)C=NS(=O)(=O)c1cc(CN2CCCC(C)(C)C2)ccc1Cl. The maximum Gasteiger partial charge on any atom is 0.285 e. The van der Waals surface area contributed by atoms with Gasteiger partial charge < -0.3 is 4.90 Å². The Morgan fingerprint density at radius 1 is 1.38 bits per heavy atom. The molecule has 7 heteroatoms. The third-order valence-corrected chi connectivity index (χ3v) is 5.78. The highest BCUT2D eigenvalue weighted by molar-refractivity contribution is 7.90. The van der Waals surface area contributed by atoms with E-state index in [-0.39, 0.29) is 9.92 Å². The normalized spacial score (nSPS) is 18.9. The molecule has 0 aliphatic carbocycles. The van der Waals surface area contributed by atoms with Gasteiger partial charge in [0.25, 0.3) is 10.0 Å². The Morgan fingerprint density at radius 3 is 2.71 bits per heavy atom. The van der Waals surface area contributed by atoms with Crippen molar-refractivity contribution in [1.82, 2.24) is 9.80 Å². The second-order valence-electron chi connectivity index (χ2n) is 7.40. The molecule has 1 aromatic carbocycles. The minimum Gasteiger partial charge on any atom is -0.368 e. The van der Waals surface area contributed by atoms with Crippen molar-refractivity contribution >= 4 is 28.0 Å². The second kappa shape index (κ2) is 7.42. The number of hydrogen-bond acceptors (Lipinski definition) is 3. The van der Waals surface area contributed by atoms with Crippen LogP contribution in [-0.2, 0) is 16.6 Å². The van der Waals surface area contributed by atoms with E-state index in [1.807, 2.05) is 6.07 Å². The Kier molecular flexibility index (Phi) is 5.94. The van der Waals surface area contributed by atoms with E-state index in [2.05, 4.69) is 23.1 Å². The van der Waals surface area contributed by atoms with E-state index in [1.165, 1.54) is 19.2 Å². The van der Waals surface area contributed by atoms with Gasteiger partial charge in [-0.2, -0.15) is 8.42 Å². The topological polar surface area (TPSA) is 53.0 Å². The molecule has 1 fully saturated rings. The summed E-state index contributed by atoms with van der Waals surface area (Å²) in [5, 5.41) is 0.202. The largest absolute Gasteiger partial charge is 0.368 e. The van der Waals surface area contributed by atoms with Crippen LogP contribution < -0.4 is 0 Å². The van der Waals surface area contributed by atoms with Crippen molar-refractivity contribution in [3.8, 4) is 0 Å². The zero-order chi connectivity index (χ0) is 18.0. The van der Waals surface area contributed by atoms with E-state index in [4.69, 9.17) is 11.6 Å². The van der Waals surface area contributed by atoms with Crippen LogP contribution in [0.25, 0.3) is 0 Å². The Bertz CT molecular complexity index is 715. The van der Waals surface area contributed by atoms with Crippen LogP contribution in [0, 0.1) is 5.41 Å². The van der Waals surface area contributed by atoms with Crippen LogP contribution >= 0.6 is 11.6 Å². The van der Waals surface area contributed by atoms with Crippen molar-refractivity contribution in [3.63, 3.8) is 0 Å². The lowest BCUT2D eigenvalue weighted by atomic mass is 9.84. The molecule has 0 radical (unpaired) electrons. The minimum absolute atomic E-state index is 0.0658. The Hall–Kier alpha value is -1.11. The molecule has 0 amide bonds. The Morgan fingerprint density at radius 2 is 2.08 bits per heavy atom. The monoisotopic (exact) mass is 371 g/mol. The number of rotatable bonds is 5. The van der Waals surface area contributed by atoms with Gasteiger partial charge in [0.15, 0.2) is 0 Å². The maximum absolute atomic E-state index is 12.4. The third-order valence-electron chi connectivity index (χ3n) is 4.08. The molecule has 1 aliphatic heterocycles. The summed E-state index contributed by atoms with van der Waals surface area (Å²) >= 11 is 6.10. The van der Waals surface area contributed by atoms with E-state index in [0.29, 0.717) is 5.41 Å². The highest BCUT2D eigenvalue weighted by atomic mass is 35.5. The quantitative estimate of drug-likeness (QED) is 0.589. The maximum atomic E-state index is 12.4. The molecule has 2 rings (SSSR count). The molecule has 0 saturated carbocycles. The van der Waals surface area contributed by atoms with Crippen LogP contribution in [0.2, 0.25) is 5.02 Å². The van der Waals surface area contributed by atoms with Gasteiger partial charge in [0.1, 0.15) is 11.2 Å². The molecule has 24 heavy (non-hydrogen) atoms. The second-order valence-corrected chi connectivity index (χ2v) is 9.41. The molecule has 0 bridgehead atoms. The van der Waals surface area contributed by atoms with Crippen LogP contribution in [0.3, 0.4) is 0 Å². The van der Waals surface area contributed by atoms with Crippen molar-refractivity contribution in [2.45, 2.75) is 38.1 Å². The summed E-state index contributed by atoms with van der Waals surface area (Å²) in [5.74, 6) is 0. The lowest BCUT2D eigenvalue weighted by molar-refractivity contribution is 0.111. The molecule has 134 valence electrons. The van der Waals surface area contributed by atoms with Gasteiger partial charge in [-0.15, -0.1) is 4.40 Å². The summed E-state index contributed by atoms with van der Waals surface area (Å²) in [6.07, 6.45) is 3.66. The fourth-order valence-corrected chi connectivity index (χ4v) is 4.45. The number of halogens is 1. The molecule has 0 N–H and O–H groups in total. The molecule has 0 spiro atoms. The molecular weight excluding hydrogens is 346 g/mol. The van der Waals surface area contributed by atoms with E-state index < -0.39 is 10.0 Å². The summed E-state index contributed by atoms with van der Waals surface area (Å²) in [6, 6.07) is 5.18. The summed E-state index contributed by atoms with van der Waals surface area (Å²) in [6.45, 7) is 7.31. The summed E-state index contributed by atoms with van der Waals surface area (Å²) in [5.41, 5.74) is 1.24. The fourth-order valence-electron chi connectivity index (χ4n) is 2.99. The van der Waals surface area contributed by atoms with E-state index in [9.17, 15) is 8.42 Å². The zero-order valence-corrected chi connectivity index (χ0v) is 16.4. The molecule has 1 aromatic rings. The van der Waals surface area contributed by atoms with Gasteiger partial charge in [-0.1, -0.05) is 31.5 Å². The molecule has 1 aliphatic rings. The lowest BCUT2D eigenvalue weighted by Crippen LogP contribution is -2.39. The lowest BCUT2D eigenvalue weighted by Gasteiger charge is -2.38. The summed E-state index contributed by atoms with van der Waals surface area (Å²) in [7, 11) is -0.360. The van der Waals surface area contributed by atoms with Crippen LogP contribution in [0.1, 0.15) is 32.3 Å². The van der Waals surface area contributed by atoms with Gasteiger partial charge >= 0.3 is 0 Å². The van der Waals surface area contributed by atoms with Crippen LogP contribution in [0.5, 0.6) is 0 Å². The fraction of sp³-hybridized carbons (Fsp3) is 0.588. The predicted octanol–water partition coefficient (Wildman–Crippen LogP) is 3.24. The molecule has 0 aromatic heterocycles. The minimum atomic E-state index is -3.79. The molecule has 5 nitrogen and oxygen atoms in total. The van der Waals surface area contributed by atoms with Crippen molar-refractivity contribution < 1.29 is 8.42 Å². The van der Waals surface area contributed by atoms with Gasteiger partial charge in [0.2, 0.25) is 0 Å². The first-order valence-corrected chi connectivity index (χ1v) is 9.89. The standard InChI is InChI=1S/C17H26ClN3O2S/c1-17(2)8-5-9-21(12-17)11-14-6-7-15(18)16(10-14)24(22,23)19-13-20(3)4/h6-7,10,13H,5,8-9,11-12H2,1-4H3. The molecule has 0 unspecified atom stereocenters. The average molecular weight is 372 g/mol. The molecular formula is C17H26ClN3O2S. The first-order valence-electron chi connectivity index (χ1n) is 8.07. The number of benzene rings is 1. The summed E-state index contributed by atoms with van der Waals surface area (Å²) in [4.78, 5) is 4.01. The summed E-state index contributed by atoms with van der Waals surface area (Å²) < 4.78 is 28.4. The molecule has 1 saturated heterocycles. The number of sulfonamides is 1. The third kappa shape index (κ3) is 5.19. The molecule has 1 heterocycles. The van der Waals surface area contributed by atoms with E-state index >= 15 is 0 Å². The van der Waals surface area contributed by atoms with Crippen LogP contribution in [0.4, 0.5) is 0 Å². The first kappa shape index (κ1) is 19.2.